The van der Waals surface area contributed by atoms with E-state index in [-0.39, 0.29) is 22.4 Å². The second-order valence-corrected chi connectivity index (χ2v) is 5.99. The maximum atomic E-state index is 13.3. The van der Waals surface area contributed by atoms with E-state index in [0.717, 1.165) is 12.5 Å². The van der Waals surface area contributed by atoms with Crippen molar-refractivity contribution in [2.75, 3.05) is 11.9 Å². The van der Waals surface area contributed by atoms with Crippen LogP contribution in [-0.2, 0) is 0 Å². The van der Waals surface area contributed by atoms with Crippen LogP contribution in [0.3, 0.4) is 0 Å². The zero-order valence-corrected chi connectivity index (χ0v) is 14.7. The Morgan fingerprint density at radius 2 is 2.04 bits per heavy atom. The Hall–Kier alpha value is -2.93. The highest BCUT2D eigenvalue weighted by Crippen LogP contribution is 2.21. The molecule has 0 bridgehead atoms. The summed E-state index contributed by atoms with van der Waals surface area (Å²) >= 11 is 5.73. The molecule has 0 spiro atoms. The lowest BCUT2D eigenvalue weighted by molar-refractivity contribution is 0.0942. The van der Waals surface area contributed by atoms with Crippen LogP contribution in [0.15, 0.2) is 42.6 Å². The molecule has 6 nitrogen and oxygen atoms in total. The fourth-order valence-corrected chi connectivity index (χ4v) is 2.63. The molecular formula is C18H16ClFN4O2. The van der Waals surface area contributed by atoms with Gasteiger partial charge in [0.25, 0.3) is 11.8 Å². The predicted octanol–water partition coefficient (Wildman–Crippen LogP) is 3.52. The number of imidazole rings is 1. The Balaban J connectivity index is 1.95. The summed E-state index contributed by atoms with van der Waals surface area (Å²) in [4.78, 5) is 29.1. The number of aromatic nitrogens is 2. The molecular weight excluding hydrogens is 359 g/mol. The Labute approximate surface area is 154 Å². The number of benzene rings is 1. The van der Waals surface area contributed by atoms with Gasteiger partial charge in [-0.25, -0.2) is 9.37 Å². The number of hydrogen-bond donors (Lipinski definition) is 2. The Morgan fingerprint density at radius 3 is 2.77 bits per heavy atom. The quantitative estimate of drug-likeness (QED) is 0.717. The summed E-state index contributed by atoms with van der Waals surface area (Å²) in [6, 6.07) is 9.04. The lowest BCUT2D eigenvalue weighted by Gasteiger charge is -2.04. The predicted molar refractivity (Wildman–Crippen MR) is 97.2 cm³/mol. The minimum absolute atomic E-state index is 0.0905. The van der Waals surface area contributed by atoms with Gasteiger partial charge in [-0.2, -0.15) is 0 Å². The van der Waals surface area contributed by atoms with Crippen molar-refractivity contribution in [2.24, 2.45) is 0 Å². The van der Waals surface area contributed by atoms with E-state index in [4.69, 9.17) is 11.6 Å². The molecule has 2 aromatic heterocycles. The largest absolute Gasteiger partial charge is 0.349 e. The molecule has 3 aromatic rings. The molecule has 2 heterocycles. The van der Waals surface area contributed by atoms with Gasteiger partial charge in [0.2, 0.25) is 5.82 Å². The van der Waals surface area contributed by atoms with E-state index in [1.165, 1.54) is 12.1 Å². The molecule has 0 unspecified atom stereocenters. The molecule has 0 saturated heterocycles. The number of nitrogens with zero attached hydrogens (tertiary/aromatic N) is 2. The van der Waals surface area contributed by atoms with Gasteiger partial charge in [0.15, 0.2) is 5.69 Å². The molecule has 0 aliphatic rings. The average molecular weight is 375 g/mol. The van der Waals surface area contributed by atoms with Crippen molar-refractivity contribution in [3.8, 4) is 0 Å². The third-order valence-electron chi connectivity index (χ3n) is 3.68. The van der Waals surface area contributed by atoms with Gasteiger partial charge in [-0.1, -0.05) is 24.6 Å². The maximum Gasteiger partial charge on any atom is 0.287 e. The molecule has 0 fully saturated rings. The van der Waals surface area contributed by atoms with Gasteiger partial charge in [-0.05, 0) is 36.8 Å². The van der Waals surface area contributed by atoms with Crippen LogP contribution >= 0.6 is 11.6 Å². The zero-order valence-electron chi connectivity index (χ0n) is 13.9. The third-order valence-corrected chi connectivity index (χ3v) is 3.97. The summed E-state index contributed by atoms with van der Waals surface area (Å²) in [6.07, 6.45) is 2.45. The van der Waals surface area contributed by atoms with E-state index in [0.29, 0.717) is 17.7 Å². The first kappa shape index (κ1) is 17.9. The monoisotopic (exact) mass is 374 g/mol. The normalized spacial score (nSPS) is 10.7. The molecule has 0 radical (unpaired) electrons. The van der Waals surface area contributed by atoms with Gasteiger partial charge in [0, 0.05) is 18.4 Å². The Kier molecular flexibility index (Phi) is 5.18. The number of halogens is 2. The van der Waals surface area contributed by atoms with Gasteiger partial charge >= 0.3 is 0 Å². The topological polar surface area (TPSA) is 75.5 Å². The van der Waals surface area contributed by atoms with Crippen LogP contribution in [0.25, 0.3) is 5.52 Å². The number of rotatable bonds is 5. The highest BCUT2D eigenvalue weighted by molar-refractivity contribution is 6.31. The smallest absolute Gasteiger partial charge is 0.287 e. The fraction of sp³-hybridized carbons (Fsp3) is 0.167. The van der Waals surface area contributed by atoms with Crippen LogP contribution in [0.2, 0.25) is 5.02 Å². The first-order valence-electron chi connectivity index (χ1n) is 8.03. The molecule has 2 amide bonds. The maximum absolute atomic E-state index is 13.3. The number of fused-ring (bicyclic) bond motifs is 1. The second-order valence-electron chi connectivity index (χ2n) is 5.58. The fourth-order valence-electron chi connectivity index (χ4n) is 2.45. The van der Waals surface area contributed by atoms with Crippen molar-refractivity contribution in [1.29, 1.82) is 0 Å². The van der Waals surface area contributed by atoms with Crippen molar-refractivity contribution in [1.82, 2.24) is 14.7 Å². The number of anilines is 1. The van der Waals surface area contributed by atoms with E-state index < -0.39 is 11.7 Å². The van der Waals surface area contributed by atoms with E-state index in [1.54, 1.807) is 28.8 Å². The van der Waals surface area contributed by atoms with Crippen molar-refractivity contribution in [3.05, 3.63) is 65.0 Å². The number of hydrogen-bond acceptors (Lipinski definition) is 3. The molecule has 8 heteroatoms. The molecule has 0 atom stereocenters. The van der Waals surface area contributed by atoms with Crippen LogP contribution in [0.5, 0.6) is 0 Å². The summed E-state index contributed by atoms with van der Waals surface area (Å²) in [5, 5.41) is 5.26. The van der Waals surface area contributed by atoms with Gasteiger partial charge in [-0.3, -0.25) is 14.0 Å². The SMILES string of the molecule is CCCNC(=O)c1nc(C(=O)Nc2ccc(F)c(Cl)c2)c2ccccn12. The molecule has 2 N–H and O–H groups in total. The number of carbonyl (C=O) groups is 2. The van der Waals surface area contributed by atoms with Crippen LogP contribution in [0.4, 0.5) is 10.1 Å². The van der Waals surface area contributed by atoms with Crippen LogP contribution in [0, 0.1) is 5.82 Å². The van der Waals surface area contributed by atoms with Crippen molar-refractivity contribution in [3.63, 3.8) is 0 Å². The second kappa shape index (κ2) is 7.53. The minimum Gasteiger partial charge on any atom is -0.349 e. The van der Waals surface area contributed by atoms with Crippen molar-refractivity contribution >= 4 is 34.6 Å². The standard InChI is InChI=1S/C18H16ClFN4O2/c1-2-8-21-18(26)16-23-15(14-5-3-4-9-24(14)16)17(25)22-11-6-7-13(20)12(19)10-11/h3-7,9-10H,2,8H2,1H3,(H,21,26)(H,22,25). The number of nitrogens with one attached hydrogen (secondary N) is 2. The van der Waals surface area contributed by atoms with E-state index >= 15 is 0 Å². The summed E-state index contributed by atoms with van der Waals surface area (Å²) in [5.74, 6) is -1.34. The molecule has 1 aromatic carbocycles. The summed E-state index contributed by atoms with van der Waals surface area (Å²) in [5.41, 5.74) is 0.906. The summed E-state index contributed by atoms with van der Waals surface area (Å²) in [6.45, 7) is 2.45. The van der Waals surface area contributed by atoms with Crippen LogP contribution in [0.1, 0.15) is 34.5 Å². The highest BCUT2D eigenvalue weighted by atomic mass is 35.5. The van der Waals surface area contributed by atoms with Crippen LogP contribution in [-0.4, -0.2) is 27.7 Å². The number of carbonyl (C=O) groups excluding carboxylic acids is 2. The highest BCUT2D eigenvalue weighted by Gasteiger charge is 2.21. The van der Waals surface area contributed by atoms with Crippen molar-refractivity contribution in [2.45, 2.75) is 13.3 Å². The van der Waals surface area contributed by atoms with Gasteiger partial charge in [0.1, 0.15) is 5.82 Å². The molecule has 3 rings (SSSR count). The van der Waals surface area contributed by atoms with E-state index in [1.807, 2.05) is 6.92 Å². The molecule has 0 aliphatic carbocycles. The van der Waals surface area contributed by atoms with E-state index in [2.05, 4.69) is 15.6 Å². The number of amides is 2. The Morgan fingerprint density at radius 1 is 1.23 bits per heavy atom. The first-order valence-corrected chi connectivity index (χ1v) is 8.40. The summed E-state index contributed by atoms with van der Waals surface area (Å²) < 4.78 is 14.8. The van der Waals surface area contributed by atoms with E-state index in [9.17, 15) is 14.0 Å². The van der Waals surface area contributed by atoms with Gasteiger partial charge in [-0.15, -0.1) is 0 Å². The first-order chi connectivity index (χ1) is 12.5. The molecule has 26 heavy (non-hydrogen) atoms. The molecule has 0 aliphatic heterocycles. The average Bonchev–Trinajstić information content (AvgIpc) is 3.03. The van der Waals surface area contributed by atoms with Gasteiger partial charge in [0.05, 0.1) is 10.5 Å². The third kappa shape index (κ3) is 3.52. The van der Waals surface area contributed by atoms with Crippen molar-refractivity contribution < 1.29 is 14.0 Å². The zero-order chi connectivity index (χ0) is 18.7. The molecule has 0 saturated carbocycles. The number of pyridine rings is 1. The van der Waals surface area contributed by atoms with Crippen LogP contribution < -0.4 is 10.6 Å². The summed E-state index contributed by atoms with van der Waals surface area (Å²) in [7, 11) is 0. The lowest BCUT2D eigenvalue weighted by Crippen LogP contribution is -2.26. The Bertz CT molecular complexity index is 986. The lowest BCUT2D eigenvalue weighted by atomic mass is 10.2. The minimum atomic E-state index is -0.577. The van der Waals surface area contributed by atoms with Gasteiger partial charge < -0.3 is 10.6 Å². The molecule has 134 valence electrons.